The van der Waals surface area contributed by atoms with Gasteiger partial charge < -0.3 is 4.42 Å². The van der Waals surface area contributed by atoms with Gasteiger partial charge in [-0.25, -0.2) is 8.51 Å². The van der Waals surface area contributed by atoms with E-state index in [9.17, 15) is 4.21 Å². The van der Waals surface area contributed by atoms with E-state index < -0.39 is 11.0 Å². The van der Waals surface area contributed by atoms with Crippen LogP contribution >= 0.6 is 0 Å². The quantitative estimate of drug-likeness (QED) is 0.831. The summed E-state index contributed by atoms with van der Waals surface area (Å²) in [5, 5.41) is 1.14. The minimum absolute atomic E-state index is 0.212. The number of furan rings is 1. The third kappa shape index (κ3) is 3.95. The van der Waals surface area contributed by atoms with Crippen LogP contribution in [0, 0.1) is 0 Å². The summed E-state index contributed by atoms with van der Waals surface area (Å²) in [4.78, 5) is 0. The summed E-state index contributed by atoms with van der Waals surface area (Å²) in [5.74, 6) is 0. The molecule has 0 fully saturated rings. The molecule has 1 unspecified atom stereocenters. The summed E-state index contributed by atoms with van der Waals surface area (Å²) in [6.45, 7) is 8.17. The molecular formula is C17H25NO2S. The largest absolute Gasteiger partial charge is 0.464 e. The van der Waals surface area contributed by atoms with E-state index in [1.54, 1.807) is 6.26 Å². The maximum absolute atomic E-state index is 12.4. The van der Waals surface area contributed by atoms with E-state index in [0.717, 1.165) is 23.8 Å². The van der Waals surface area contributed by atoms with Gasteiger partial charge in [-0.15, -0.1) is 0 Å². The highest BCUT2D eigenvalue weighted by Gasteiger charge is 2.26. The normalized spacial score (nSPS) is 15.5. The Bertz CT molecular complexity index is 627. The summed E-state index contributed by atoms with van der Waals surface area (Å²) >= 11 is 0. The van der Waals surface area contributed by atoms with Crippen molar-refractivity contribution in [3.05, 3.63) is 36.1 Å². The zero-order valence-electron chi connectivity index (χ0n) is 13.6. The SMILES string of the molecule is C[C@@H](CCc1ccc2ccoc2c1)N(C)S(=O)C(C)(C)C. The zero-order valence-corrected chi connectivity index (χ0v) is 14.4. The number of benzene rings is 1. The van der Waals surface area contributed by atoms with Gasteiger partial charge >= 0.3 is 0 Å². The average Bonchev–Trinajstić information content (AvgIpc) is 2.89. The first kappa shape index (κ1) is 16.2. The average molecular weight is 307 g/mol. The number of nitrogens with zero attached hydrogens (tertiary/aromatic N) is 1. The van der Waals surface area contributed by atoms with Gasteiger partial charge in [-0.2, -0.15) is 0 Å². The molecule has 0 spiro atoms. The van der Waals surface area contributed by atoms with Crippen LogP contribution in [0.25, 0.3) is 11.0 Å². The lowest BCUT2D eigenvalue weighted by molar-refractivity contribution is 0.385. The van der Waals surface area contributed by atoms with E-state index in [0.29, 0.717) is 0 Å². The maximum Gasteiger partial charge on any atom is 0.134 e. The Morgan fingerprint density at radius 1 is 1.29 bits per heavy atom. The van der Waals surface area contributed by atoms with Crippen molar-refractivity contribution in [1.82, 2.24) is 4.31 Å². The second-order valence-corrected chi connectivity index (χ2v) is 8.89. The third-order valence-electron chi connectivity index (χ3n) is 3.78. The first-order chi connectivity index (χ1) is 9.79. The van der Waals surface area contributed by atoms with Gasteiger partial charge in [0.05, 0.1) is 22.0 Å². The Morgan fingerprint density at radius 2 is 2.00 bits per heavy atom. The third-order valence-corrected chi connectivity index (χ3v) is 5.71. The van der Waals surface area contributed by atoms with Crippen molar-refractivity contribution in [2.24, 2.45) is 0 Å². The number of hydrogen-bond acceptors (Lipinski definition) is 2. The van der Waals surface area contributed by atoms with Gasteiger partial charge in [0.1, 0.15) is 5.58 Å². The van der Waals surface area contributed by atoms with Crippen LogP contribution in [-0.4, -0.2) is 26.4 Å². The molecule has 0 saturated heterocycles. The van der Waals surface area contributed by atoms with Gasteiger partial charge in [0.2, 0.25) is 0 Å². The molecule has 116 valence electrons. The van der Waals surface area contributed by atoms with Crippen molar-refractivity contribution in [2.75, 3.05) is 7.05 Å². The smallest absolute Gasteiger partial charge is 0.134 e. The van der Waals surface area contributed by atoms with Crippen molar-refractivity contribution in [1.29, 1.82) is 0 Å². The Kier molecular flexibility index (Phi) is 4.89. The number of aryl methyl sites for hydroxylation is 1. The number of rotatable bonds is 5. The van der Waals surface area contributed by atoms with Crippen LogP contribution in [0.5, 0.6) is 0 Å². The molecule has 2 rings (SSSR count). The Balaban J connectivity index is 1.97. The summed E-state index contributed by atoms with van der Waals surface area (Å²) < 4.78 is 19.6. The minimum Gasteiger partial charge on any atom is -0.464 e. The molecule has 0 N–H and O–H groups in total. The molecule has 0 radical (unpaired) electrons. The van der Waals surface area contributed by atoms with Gasteiger partial charge in [0.25, 0.3) is 0 Å². The van der Waals surface area contributed by atoms with Gasteiger partial charge in [-0.1, -0.05) is 12.1 Å². The Labute approximate surface area is 129 Å². The highest BCUT2D eigenvalue weighted by Crippen LogP contribution is 2.21. The molecule has 0 aliphatic heterocycles. The lowest BCUT2D eigenvalue weighted by Crippen LogP contribution is -2.40. The monoisotopic (exact) mass is 307 g/mol. The fourth-order valence-corrected chi connectivity index (χ4v) is 3.60. The zero-order chi connectivity index (χ0) is 15.6. The molecule has 2 atom stereocenters. The van der Waals surface area contributed by atoms with Gasteiger partial charge in [0, 0.05) is 18.5 Å². The minimum atomic E-state index is -0.971. The predicted octanol–water partition coefficient (Wildman–Crippen LogP) is 4.15. The molecule has 0 bridgehead atoms. The number of fused-ring (bicyclic) bond motifs is 1. The molecule has 2 aromatic rings. The van der Waals surface area contributed by atoms with E-state index in [1.165, 1.54) is 5.56 Å². The predicted molar refractivity (Wildman–Crippen MR) is 89.7 cm³/mol. The molecular weight excluding hydrogens is 282 g/mol. The molecule has 0 aliphatic carbocycles. The molecule has 3 nitrogen and oxygen atoms in total. The lowest BCUT2D eigenvalue weighted by atomic mass is 10.1. The second kappa shape index (κ2) is 6.32. The maximum atomic E-state index is 12.4. The topological polar surface area (TPSA) is 33.5 Å². The summed E-state index contributed by atoms with van der Waals surface area (Å²) in [5.41, 5.74) is 2.20. The van der Waals surface area contributed by atoms with E-state index in [1.807, 2.05) is 38.2 Å². The van der Waals surface area contributed by atoms with Crippen LogP contribution in [0.3, 0.4) is 0 Å². The molecule has 0 aliphatic rings. The van der Waals surface area contributed by atoms with Crippen LogP contribution in [0.15, 0.2) is 34.9 Å². The van der Waals surface area contributed by atoms with Crippen molar-refractivity contribution < 1.29 is 8.63 Å². The van der Waals surface area contributed by atoms with Crippen LogP contribution in [0.1, 0.15) is 39.7 Å². The Hall–Kier alpha value is -1.13. The van der Waals surface area contributed by atoms with E-state index >= 15 is 0 Å². The van der Waals surface area contributed by atoms with Crippen molar-refractivity contribution in [2.45, 2.75) is 51.3 Å². The standard InChI is InChI=1S/C17H25NO2S/c1-13(18(5)21(19)17(2,3)4)6-7-14-8-9-15-10-11-20-16(15)12-14/h8-13H,6-7H2,1-5H3/t13-,21?/m0/s1. The van der Waals surface area contributed by atoms with Crippen molar-refractivity contribution in [3.8, 4) is 0 Å². The fraction of sp³-hybridized carbons (Fsp3) is 0.529. The second-order valence-electron chi connectivity index (χ2n) is 6.59. The highest BCUT2D eigenvalue weighted by molar-refractivity contribution is 7.84. The Morgan fingerprint density at radius 3 is 2.67 bits per heavy atom. The van der Waals surface area contributed by atoms with Gasteiger partial charge in [0.15, 0.2) is 0 Å². The molecule has 1 heterocycles. The van der Waals surface area contributed by atoms with E-state index in [4.69, 9.17) is 4.42 Å². The first-order valence-electron chi connectivity index (χ1n) is 7.40. The fourth-order valence-electron chi connectivity index (χ4n) is 2.31. The molecule has 4 heteroatoms. The van der Waals surface area contributed by atoms with Crippen LogP contribution < -0.4 is 0 Å². The van der Waals surface area contributed by atoms with Gasteiger partial charge in [-0.05, 0) is 58.2 Å². The summed E-state index contributed by atoms with van der Waals surface area (Å²) in [7, 11) is 0.975. The van der Waals surface area contributed by atoms with Gasteiger partial charge in [-0.3, -0.25) is 0 Å². The van der Waals surface area contributed by atoms with Crippen LogP contribution in [0.4, 0.5) is 0 Å². The molecule has 0 saturated carbocycles. The van der Waals surface area contributed by atoms with Crippen molar-refractivity contribution >= 4 is 22.0 Å². The first-order valence-corrected chi connectivity index (χ1v) is 8.50. The number of hydrogen-bond donors (Lipinski definition) is 0. The lowest BCUT2D eigenvalue weighted by Gasteiger charge is -2.30. The molecule has 1 aromatic heterocycles. The van der Waals surface area contributed by atoms with Crippen molar-refractivity contribution in [3.63, 3.8) is 0 Å². The molecule has 0 amide bonds. The highest BCUT2D eigenvalue weighted by atomic mass is 32.2. The summed E-state index contributed by atoms with van der Waals surface area (Å²) in [6, 6.07) is 8.59. The van der Waals surface area contributed by atoms with E-state index in [2.05, 4.69) is 25.1 Å². The molecule has 21 heavy (non-hydrogen) atoms. The summed E-state index contributed by atoms with van der Waals surface area (Å²) in [6.07, 6.45) is 3.66. The van der Waals surface area contributed by atoms with E-state index in [-0.39, 0.29) is 10.8 Å². The van der Waals surface area contributed by atoms with Crippen LogP contribution in [0.2, 0.25) is 0 Å². The molecule has 1 aromatic carbocycles. The van der Waals surface area contributed by atoms with Crippen LogP contribution in [-0.2, 0) is 17.4 Å².